The number of Topliss-reactive ketones (excluding diaryl/α,β-unsaturated/α-hetero) is 1. The minimum atomic E-state index is -1.40. The molecule has 1 aliphatic rings. The van der Waals surface area contributed by atoms with E-state index >= 15 is 0 Å². The number of carbonyl (C=O) groups excluding carboxylic acids is 4. The van der Waals surface area contributed by atoms with Crippen LogP contribution in [0.15, 0.2) is 48.5 Å². The zero-order valence-electron chi connectivity index (χ0n) is 19.5. The van der Waals surface area contributed by atoms with E-state index < -0.39 is 34.5 Å². The lowest BCUT2D eigenvalue weighted by atomic mass is 10.0. The molecule has 4 rings (SSSR count). The van der Waals surface area contributed by atoms with Gasteiger partial charge in [-0.3, -0.25) is 29.3 Å². The summed E-state index contributed by atoms with van der Waals surface area (Å²) in [5, 5.41) is 10.9. The summed E-state index contributed by atoms with van der Waals surface area (Å²) in [6.45, 7) is 3.16. The van der Waals surface area contributed by atoms with Crippen LogP contribution in [0.3, 0.4) is 0 Å². The third-order valence-electron chi connectivity index (χ3n) is 5.91. The predicted molar refractivity (Wildman–Crippen MR) is 141 cm³/mol. The monoisotopic (exact) mass is 593 g/mol. The molecule has 3 aromatic carbocycles. The molecule has 9 nitrogen and oxygen atoms in total. The van der Waals surface area contributed by atoms with E-state index in [1.807, 2.05) is 6.92 Å². The molecule has 0 N–H and O–H groups in total. The van der Waals surface area contributed by atoms with Crippen LogP contribution in [-0.2, 0) is 0 Å². The topological polar surface area (TPSA) is 118 Å². The van der Waals surface area contributed by atoms with Crippen molar-refractivity contribution in [1.82, 2.24) is 10.0 Å². The van der Waals surface area contributed by atoms with Crippen molar-refractivity contribution in [2.24, 2.45) is 0 Å². The number of benzene rings is 3. The Morgan fingerprint density at radius 3 is 1.71 bits per heavy atom. The maximum atomic E-state index is 13.7. The quantitative estimate of drug-likeness (QED) is 0.0809. The van der Waals surface area contributed by atoms with Crippen molar-refractivity contribution < 1.29 is 24.1 Å². The van der Waals surface area contributed by atoms with Crippen LogP contribution < -0.4 is 0 Å². The largest absolute Gasteiger partial charge is 0.292 e. The molecule has 13 heteroatoms. The van der Waals surface area contributed by atoms with Crippen LogP contribution in [-0.4, -0.2) is 44.5 Å². The molecular formula is C25H15Cl4N3O6. The standard InChI is InChI=1S/C25H15Cl4N3O6/c1-11-3-5-13(6-4-11)22(33)12(2)30(23(34)14-7-9-15(10-8-14)32(37)38)31-24(35)16-17(25(31)36)19(27)21(29)20(28)18(16)26/h3-10,12H,1-2H3/t12-/m1/s1. The highest BCUT2D eigenvalue weighted by atomic mass is 35.5. The minimum absolute atomic E-state index is 0.135. The molecule has 38 heavy (non-hydrogen) atoms. The smallest absolute Gasteiger partial charge is 0.282 e. The fourth-order valence-corrected chi connectivity index (χ4v) is 4.92. The summed E-state index contributed by atoms with van der Waals surface area (Å²) >= 11 is 24.6. The number of imide groups is 1. The van der Waals surface area contributed by atoms with Crippen LogP contribution in [0.25, 0.3) is 0 Å². The number of nitro groups is 1. The van der Waals surface area contributed by atoms with E-state index in [9.17, 15) is 29.3 Å². The highest BCUT2D eigenvalue weighted by molar-refractivity contribution is 6.55. The van der Waals surface area contributed by atoms with E-state index in [2.05, 4.69) is 0 Å². The molecular weight excluding hydrogens is 580 g/mol. The van der Waals surface area contributed by atoms with Gasteiger partial charge in [-0.15, -0.1) is 0 Å². The molecule has 194 valence electrons. The number of aryl methyl sites for hydroxylation is 1. The number of halogens is 4. The molecule has 0 fully saturated rings. The van der Waals surface area contributed by atoms with Gasteiger partial charge in [0.15, 0.2) is 5.78 Å². The van der Waals surface area contributed by atoms with Crippen molar-refractivity contribution in [2.75, 3.05) is 0 Å². The Morgan fingerprint density at radius 1 is 0.816 bits per heavy atom. The number of hydrogen-bond acceptors (Lipinski definition) is 6. The van der Waals surface area contributed by atoms with Crippen LogP contribution >= 0.6 is 46.4 Å². The second-order valence-corrected chi connectivity index (χ2v) is 9.80. The molecule has 1 atom stereocenters. The molecule has 3 aromatic rings. The van der Waals surface area contributed by atoms with Crippen molar-refractivity contribution in [3.8, 4) is 0 Å². The SMILES string of the molecule is Cc1ccc(C(=O)[C@@H](C)N(C(=O)c2ccc([N+](=O)[O-])cc2)N2C(=O)c3c(Cl)c(Cl)c(Cl)c(Cl)c3C2=O)cc1. The predicted octanol–water partition coefficient (Wildman–Crippen LogP) is 6.44. The number of fused-ring (bicyclic) bond motifs is 1. The summed E-state index contributed by atoms with van der Waals surface area (Å²) in [5.74, 6) is -3.68. The first kappa shape index (κ1) is 27.5. The van der Waals surface area contributed by atoms with E-state index in [0.717, 1.165) is 29.8 Å². The number of hydrazine groups is 1. The third-order valence-corrected chi connectivity index (χ3v) is 7.71. The van der Waals surface area contributed by atoms with Crippen LogP contribution in [0, 0.1) is 17.0 Å². The summed E-state index contributed by atoms with van der Waals surface area (Å²) in [4.78, 5) is 64.6. The summed E-state index contributed by atoms with van der Waals surface area (Å²) in [7, 11) is 0. The molecule has 0 aliphatic carbocycles. The number of hydrogen-bond donors (Lipinski definition) is 0. The number of non-ortho nitro benzene ring substituents is 1. The summed E-state index contributed by atoms with van der Waals surface area (Å²) in [5.41, 5.74) is -0.0979. The first-order valence-corrected chi connectivity index (χ1v) is 12.3. The zero-order chi connectivity index (χ0) is 28.0. The molecule has 0 spiro atoms. The normalized spacial score (nSPS) is 13.4. The summed E-state index contributed by atoms with van der Waals surface area (Å²) in [6, 6.07) is 9.50. The third kappa shape index (κ3) is 4.52. The molecule has 1 aliphatic heterocycles. The first-order valence-electron chi connectivity index (χ1n) is 10.8. The van der Waals surface area contributed by atoms with Gasteiger partial charge in [0.2, 0.25) is 0 Å². The number of rotatable bonds is 6. The van der Waals surface area contributed by atoms with Crippen molar-refractivity contribution >= 4 is 75.6 Å². The fourth-order valence-electron chi connectivity index (χ4n) is 3.90. The highest BCUT2D eigenvalue weighted by Crippen LogP contribution is 2.45. The number of nitro benzene ring substituents is 1. The second kappa shape index (κ2) is 10.3. The van der Waals surface area contributed by atoms with Gasteiger partial charge in [0.05, 0.1) is 36.1 Å². The zero-order valence-corrected chi connectivity index (χ0v) is 22.5. The first-order chi connectivity index (χ1) is 17.9. The number of nitrogens with zero attached hydrogens (tertiary/aromatic N) is 3. The van der Waals surface area contributed by atoms with Crippen LogP contribution in [0.1, 0.15) is 53.9 Å². The van der Waals surface area contributed by atoms with Crippen LogP contribution in [0.2, 0.25) is 20.1 Å². The lowest BCUT2D eigenvalue weighted by Gasteiger charge is -2.34. The van der Waals surface area contributed by atoms with E-state index in [1.165, 1.54) is 6.92 Å². The summed E-state index contributed by atoms with van der Waals surface area (Å²) in [6.07, 6.45) is 0. The Bertz CT molecular complexity index is 1490. The maximum Gasteiger partial charge on any atom is 0.282 e. The lowest BCUT2D eigenvalue weighted by Crippen LogP contribution is -2.56. The molecule has 1 heterocycles. The molecule has 3 amide bonds. The number of ketones is 1. The summed E-state index contributed by atoms with van der Waals surface area (Å²) < 4.78 is 0. The van der Waals surface area contributed by atoms with E-state index in [1.54, 1.807) is 24.3 Å². The van der Waals surface area contributed by atoms with Gasteiger partial charge in [-0.1, -0.05) is 76.2 Å². The van der Waals surface area contributed by atoms with Gasteiger partial charge in [0.1, 0.15) is 6.04 Å². The van der Waals surface area contributed by atoms with Crippen LogP contribution in [0.5, 0.6) is 0 Å². The number of carbonyl (C=O) groups is 4. The van der Waals surface area contributed by atoms with Gasteiger partial charge in [-0.05, 0) is 26.0 Å². The van der Waals surface area contributed by atoms with Crippen molar-refractivity contribution in [1.29, 1.82) is 0 Å². The van der Waals surface area contributed by atoms with Crippen molar-refractivity contribution in [3.05, 3.63) is 107 Å². The molecule has 0 aromatic heterocycles. The van der Waals surface area contributed by atoms with E-state index in [-0.39, 0.29) is 48.0 Å². The van der Waals surface area contributed by atoms with Crippen LogP contribution in [0.4, 0.5) is 5.69 Å². The molecule has 0 saturated heterocycles. The fraction of sp³-hybridized carbons (Fsp3) is 0.120. The minimum Gasteiger partial charge on any atom is -0.292 e. The van der Waals surface area contributed by atoms with Gasteiger partial charge in [0.25, 0.3) is 23.4 Å². The maximum absolute atomic E-state index is 13.7. The van der Waals surface area contributed by atoms with Crippen molar-refractivity contribution in [3.63, 3.8) is 0 Å². The molecule has 0 bridgehead atoms. The highest BCUT2D eigenvalue weighted by Gasteiger charge is 2.48. The Hall–Kier alpha value is -3.50. The van der Waals surface area contributed by atoms with Gasteiger partial charge in [0, 0.05) is 23.3 Å². The second-order valence-electron chi connectivity index (χ2n) is 8.29. The Morgan fingerprint density at radius 2 is 1.26 bits per heavy atom. The Labute approximate surface area is 235 Å². The average molecular weight is 595 g/mol. The van der Waals surface area contributed by atoms with Gasteiger partial charge < -0.3 is 0 Å². The lowest BCUT2D eigenvalue weighted by molar-refractivity contribution is -0.384. The van der Waals surface area contributed by atoms with E-state index in [0.29, 0.717) is 10.0 Å². The van der Waals surface area contributed by atoms with E-state index in [4.69, 9.17) is 46.4 Å². The Balaban J connectivity index is 1.86. The van der Waals surface area contributed by atoms with Gasteiger partial charge >= 0.3 is 0 Å². The van der Waals surface area contributed by atoms with Gasteiger partial charge in [-0.25, -0.2) is 5.01 Å². The number of amides is 3. The molecule has 0 unspecified atom stereocenters. The van der Waals surface area contributed by atoms with Gasteiger partial charge in [-0.2, -0.15) is 5.01 Å². The average Bonchev–Trinajstić information content (AvgIpc) is 3.16. The molecule has 0 saturated carbocycles. The Kier molecular flexibility index (Phi) is 7.49. The molecule has 0 radical (unpaired) electrons. The van der Waals surface area contributed by atoms with Crippen molar-refractivity contribution in [2.45, 2.75) is 19.9 Å².